The lowest BCUT2D eigenvalue weighted by atomic mass is 10.0. The van der Waals surface area contributed by atoms with E-state index in [2.05, 4.69) is 89.3 Å². The zero-order valence-corrected chi connectivity index (χ0v) is 23.9. The number of rotatable bonds is 16. The van der Waals surface area contributed by atoms with Crippen LogP contribution in [-0.4, -0.2) is 8.32 Å². The van der Waals surface area contributed by atoms with Crippen LogP contribution in [0.2, 0.25) is 18.1 Å². The number of ether oxygens (including phenoxy) is 1. The third-order valence-corrected chi connectivity index (χ3v) is 11.9. The van der Waals surface area contributed by atoms with Crippen molar-refractivity contribution < 1.29 is 9.16 Å². The van der Waals surface area contributed by atoms with Crippen molar-refractivity contribution in [3.63, 3.8) is 0 Å². The first kappa shape index (κ1) is 28.8. The van der Waals surface area contributed by atoms with E-state index in [4.69, 9.17) is 9.16 Å². The first-order valence-electron chi connectivity index (χ1n) is 13.6. The van der Waals surface area contributed by atoms with Crippen molar-refractivity contribution >= 4 is 8.32 Å². The summed E-state index contributed by atoms with van der Waals surface area (Å²) < 4.78 is 12.5. The molecule has 2 aromatic carbocycles. The maximum Gasteiger partial charge on any atom is 0.192 e. The van der Waals surface area contributed by atoms with Crippen LogP contribution in [0.5, 0.6) is 0 Å². The van der Waals surface area contributed by atoms with Gasteiger partial charge >= 0.3 is 0 Å². The fourth-order valence-corrected chi connectivity index (χ4v) is 4.84. The number of hydrogen-bond donors (Lipinski definition) is 0. The third kappa shape index (κ3) is 10.5. The molecule has 190 valence electrons. The molecule has 0 spiro atoms. The summed E-state index contributed by atoms with van der Waals surface area (Å²) >= 11 is 0. The molecule has 0 fully saturated rings. The molecule has 0 N–H and O–H groups in total. The van der Waals surface area contributed by atoms with Crippen molar-refractivity contribution in [2.45, 2.75) is 123 Å². The molecular formula is C31H50O2Si. The molecule has 0 unspecified atom stereocenters. The molecule has 0 atom stereocenters. The summed E-state index contributed by atoms with van der Waals surface area (Å²) in [5.41, 5.74) is 5.25. The lowest BCUT2D eigenvalue weighted by Gasteiger charge is -2.36. The summed E-state index contributed by atoms with van der Waals surface area (Å²) in [5, 5.41) is 0.241. The summed E-state index contributed by atoms with van der Waals surface area (Å²) in [5.74, 6) is 0. The van der Waals surface area contributed by atoms with Crippen molar-refractivity contribution in [3.8, 4) is 0 Å². The molecule has 0 amide bonds. The second kappa shape index (κ2) is 14.9. The molecule has 2 rings (SSSR count). The Balaban J connectivity index is 1.72. The summed E-state index contributed by atoms with van der Waals surface area (Å²) in [6.07, 6.45) is 12.1. The quantitative estimate of drug-likeness (QED) is 0.175. The Kier molecular flexibility index (Phi) is 12.6. The van der Waals surface area contributed by atoms with Crippen LogP contribution < -0.4 is 0 Å². The normalized spacial score (nSPS) is 12.3. The Hall–Kier alpha value is -1.42. The van der Waals surface area contributed by atoms with Gasteiger partial charge in [-0.2, -0.15) is 0 Å². The predicted molar refractivity (Wildman–Crippen MR) is 150 cm³/mol. The van der Waals surface area contributed by atoms with Gasteiger partial charge in [0, 0.05) is 0 Å². The van der Waals surface area contributed by atoms with Crippen molar-refractivity contribution in [3.05, 3.63) is 70.8 Å². The van der Waals surface area contributed by atoms with Gasteiger partial charge in [0.15, 0.2) is 8.32 Å². The van der Waals surface area contributed by atoms with Gasteiger partial charge in [0.05, 0.1) is 19.8 Å². The highest BCUT2D eigenvalue weighted by Gasteiger charge is 2.36. The number of benzene rings is 2. The van der Waals surface area contributed by atoms with Crippen LogP contribution in [0, 0.1) is 0 Å². The Morgan fingerprint density at radius 1 is 0.647 bits per heavy atom. The highest BCUT2D eigenvalue weighted by Crippen LogP contribution is 2.37. The lowest BCUT2D eigenvalue weighted by Crippen LogP contribution is -2.40. The molecule has 2 nitrogen and oxygen atoms in total. The molecule has 0 aromatic heterocycles. The average molecular weight is 483 g/mol. The first-order valence-corrected chi connectivity index (χ1v) is 16.5. The molecule has 2 aromatic rings. The third-order valence-electron chi connectivity index (χ3n) is 7.37. The number of unbranched alkanes of at least 4 members (excludes halogenated alkanes) is 7. The molecular weight excluding hydrogens is 432 g/mol. The van der Waals surface area contributed by atoms with Gasteiger partial charge in [-0.05, 0) is 53.2 Å². The molecule has 0 saturated heterocycles. The van der Waals surface area contributed by atoms with Crippen LogP contribution in [0.4, 0.5) is 0 Å². The van der Waals surface area contributed by atoms with Crippen LogP contribution in [-0.2, 0) is 35.4 Å². The van der Waals surface area contributed by atoms with Crippen LogP contribution in [0.3, 0.4) is 0 Å². The monoisotopic (exact) mass is 482 g/mol. The van der Waals surface area contributed by atoms with Gasteiger partial charge in [0.1, 0.15) is 0 Å². The summed E-state index contributed by atoms with van der Waals surface area (Å²) in [4.78, 5) is 0. The van der Waals surface area contributed by atoms with E-state index in [0.717, 1.165) is 6.42 Å². The zero-order valence-electron chi connectivity index (χ0n) is 22.9. The van der Waals surface area contributed by atoms with E-state index in [1.165, 1.54) is 73.6 Å². The Labute approximate surface area is 211 Å². The predicted octanol–water partition coefficient (Wildman–Crippen LogP) is 9.61. The van der Waals surface area contributed by atoms with E-state index in [-0.39, 0.29) is 5.04 Å². The van der Waals surface area contributed by atoms with Crippen LogP contribution in [0.15, 0.2) is 48.5 Å². The van der Waals surface area contributed by atoms with Gasteiger partial charge in [0.25, 0.3) is 0 Å². The molecule has 0 saturated carbocycles. The molecule has 0 aliphatic carbocycles. The van der Waals surface area contributed by atoms with E-state index in [1.54, 1.807) is 0 Å². The molecule has 3 heteroatoms. The highest BCUT2D eigenvalue weighted by molar-refractivity contribution is 6.74. The Morgan fingerprint density at radius 2 is 1.18 bits per heavy atom. The van der Waals surface area contributed by atoms with E-state index in [0.29, 0.717) is 19.8 Å². The van der Waals surface area contributed by atoms with E-state index < -0.39 is 8.32 Å². The topological polar surface area (TPSA) is 18.5 Å². The second-order valence-corrected chi connectivity index (χ2v) is 16.2. The highest BCUT2D eigenvalue weighted by atomic mass is 28.4. The van der Waals surface area contributed by atoms with Gasteiger partial charge in [-0.15, -0.1) is 0 Å². The Bertz CT molecular complexity index is 805. The minimum atomic E-state index is -1.71. The molecule has 0 radical (unpaired) electrons. The van der Waals surface area contributed by atoms with Gasteiger partial charge in [0.2, 0.25) is 0 Å². The molecule has 0 bridgehead atoms. The summed E-state index contributed by atoms with van der Waals surface area (Å²) in [6.45, 7) is 15.8. The number of aryl methyl sites for hydroxylation is 1. The molecule has 0 aliphatic heterocycles. The van der Waals surface area contributed by atoms with E-state index >= 15 is 0 Å². The fraction of sp³-hybridized carbons (Fsp3) is 0.613. The van der Waals surface area contributed by atoms with Crippen molar-refractivity contribution in [1.29, 1.82) is 0 Å². The molecule has 34 heavy (non-hydrogen) atoms. The SMILES string of the molecule is CCCCCCCCCCc1ccccc1COCc1ccc(CO[Si](C)(C)C(C)(C)C)cc1. The van der Waals surface area contributed by atoms with Gasteiger partial charge in [-0.1, -0.05) is 121 Å². The maximum atomic E-state index is 6.35. The smallest absolute Gasteiger partial charge is 0.192 e. The maximum absolute atomic E-state index is 6.35. The second-order valence-electron chi connectivity index (χ2n) is 11.4. The summed E-state index contributed by atoms with van der Waals surface area (Å²) in [6, 6.07) is 17.5. The number of hydrogen-bond acceptors (Lipinski definition) is 2. The van der Waals surface area contributed by atoms with Crippen LogP contribution in [0.25, 0.3) is 0 Å². The standard InChI is InChI=1S/C31H50O2Si/c1-7-8-9-10-11-12-13-14-17-29-18-15-16-19-30(29)26-32-24-27-20-22-28(23-21-27)25-33-34(5,6)31(2,3)4/h15-16,18-23H,7-14,17,24-26H2,1-6H3. The van der Waals surface area contributed by atoms with Crippen molar-refractivity contribution in [1.82, 2.24) is 0 Å². The molecule has 0 heterocycles. The minimum absolute atomic E-state index is 0.241. The van der Waals surface area contributed by atoms with Crippen LogP contribution >= 0.6 is 0 Å². The first-order chi connectivity index (χ1) is 16.2. The molecule has 0 aliphatic rings. The minimum Gasteiger partial charge on any atom is -0.413 e. The van der Waals surface area contributed by atoms with Crippen molar-refractivity contribution in [2.75, 3.05) is 0 Å². The van der Waals surface area contributed by atoms with Gasteiger partial charge in [-0.25, -0.2) is 0 Å². The van der Waals surface area contributed by atoms with Gasteiger partial charge < -0.3 is 9.16 Å². The average Bonchev–Trinajstić information content (AvgIpc) is 2.80. The van der Waals surface area contributed by atoms with Crippen molar-refractivity contribution in [2.24, 2.45) is 0 Å². The van der Waals surface area contributed by atoms with Crippen LogP contribution in [0.1, 0.15) is 101 Å². The van der Waals surface area contributed by atoms with E-state index in [1.807, 2.05) is 0 Å². The zero-order chi connectivity index (χ0) is 24.9. The summed E-state index contributed by atoms with van der Waals surface area (Å²) in [7, 11) is -1.71. The fourth-order valence-electron chi connectivity index (χ4n) is 3.88. The van der Waals surface area contributed by atoms with Gasteiger partial charge in [-0.3, -0.25) is 0 Å². The largest absolute Gasteiger partial charge is 0.413 e. The lowest BCUT2D eigenvalue weighted by molar-refractivity contribution is 0.106. The van der Waals surface area contributed by atoms with E-state index in [9.17, 15) is 0 Å². The Morgan fingerprint density at radius 3 is 1.76 bits per heavy atom.